The van der Waals surface area contributed by atoms with Gasteiger partial charge in [0.15, 0.2) is 17.6 Å². The van der Waals surface area contributed by atoms with E-state index in [1.807, 2.05) is 0 Å². The molecule has 2 aromatic heterocycles. The number of ether oxygens (including phenoxy) is 2. The van der Waals surface area contributed by atoms with Gasteiger partial charge in [-0.1, -0.05) is 35.5 Å². The topological polar surface area (TPSA) is 137 Å². The van der Waals surface area contributed by atoms with Crippen LogP contribution in [-0.4, -0.2) is 54.3 Å². The third-order valence-corrected chi connectivity index (χ3v) is 4.82. The maximum Gasteiger partial charge on any atom is 0.413 e. The highest BCUT2D eigenvalue weighted by atomic mass is 32.2. The normalized spacial score (nSPS) is 12.3. The summed E-state index contributed by atoms with van der Waals surface area (Å²) in [5.74, 6) is -0.0431. The molecule has 3 aromatic rings. The van der Waals surface area contributed by atoms with Crippen molar-refractivity contribution in [3.05, 3.63) is 48.0 Å². The largest absolute Gasteiger partial charge is 0.479 e. The van der Waals surface area contributed by atoms with Crippen molar-refractivity contribution >= 4 is 27.6 Å². The number of pyridine rings is 1. The fourth-order valence-corrected chi connectivity index (χ4v) is 3.38. The quantitative estimate of drug-likeness (QED) is 0.500. The highest BCUT2D eigenvalue weighted by Crippen LogP contribution is 2.31. The second-order valence-electron chi connectivity index (χ2n) is 6.73. The maximum absolute atomic E-state index is 13.5. The number of hydrogen-bond donors (Lipinski definition) is 2. The first-order chi connectivity index (χ1) is 15.6. The Morgan fingerprint density at radius 2 is 1.85 bits per heavy atom. The van der Waals surface area contributed by atoms with E-state index >= 15 is 0 Å². The molecule has 0 bridgehead atoms. The van der Waals surface area contributed by atoms with Crippen molar-refractivity contribution in [3.63, 3.8) is 0 Å². The second kappa shape index (κ2) is 9.77. The number of carbonyl (C=O) groups excluding carboxylic acids is 1. The molecule has 0 radical (unpaired) electrons. The molecule has 0 aliphatic heterocycles. The summed E-state index contributed by atoms with van der Waals surface area (Å²) in [4.78, 5) is 16.6. The van der Waals surface area contributed by atoms with Crippen molar-refractivity contribution in [3.8, 4) is 17.3 Å². The van der Waals surface area contributed by atoms with E-state index in [2.05, 4.69) is 25.3 Å². The monoisotopic (exact) mass is 482 g/mol. The van der Waals surface area contributed by atoms with E-state index in [0.29, 0.717) is 0 Å². The predicted octanol–water partition coefficient (Wildman–Crippen LogP) is 2.81. The van der Waals surface area contributed by atoms with Gasteiger partial charge in [0, 0.05) is 7.05 Å². The van der Waals surface area contributed by atoms with Crippen LogP contribution in [0.4, 0.5) is 25.1 Å². The predicted molar refractivity (Wildman–Crippen MR) is 115 cm³/mol. The van der Waals surface area contributed by atoms with E-state index in [1.54, 1.807) is 18.2 Å². The fraction of sp³-hybridized carbons (Fsp3) is 0.263. The van der Waals surface area contributed by atoms with Crippen LogP contribution < -0.4 is 14.8 Å². The van der Waals surface area contributed by atoms with Crippen LogP contribution in [0.25, 0.3) is 11.4 Å². The lowest BCUT2D eigenvalue weighted by atomic mass is 10.1. The van der Waals surface area contributed by atoms with E-state index in [4.69, 9.17) is 9.47 Å². The summed E-state index contributed by atoms with van der Waals surface area (Å²) in [7, 11) is -0.830. The maximum atomic E-state index is 13.5. The number of alkyl halides is 2. The molecule has 0 aliphatic rings. The lowest BCUT2D eigenvalue weighted by Gasteiger charge is -2.18. The Kier molecular flexibility index (Phi) is 7.06. The van der Waals surface area contributed by atoms with Gasteiger partial charge >= 0.3 is 6.09 Å². The first-order valence-electron chi connectivity index (χ1n) is 9.32. The number of aromatic nitrogens is 4. The number of hydrogen-bond acceptors (Lipinski definition) is 8. The van der Waals surface area contributed by atoms with Crippen LogP contribution in [0.3, 0.4) is 0 Å². The molecule has 2 heterocycles. The van der Waals surface area contributed by atoms with Gasteiger partial charge in [-0.05, 0) is 17.7 Å². The van der Waals surface area contributed by atoms with Gasteiger partial charge in [-0.15, -0.1) is 5.10 Å². The van der Waals surface area contributed by atoms with Crippen molar-refractivity contribution in [2.45, 2.75) is 12.5 Å². The zero-order chi connectivity index (χ0) is 24.2. The van der Waals surface area contributed by atoms with Gasteiger partial charge in [0.05, 0.1) is 19.1 Å². The summed E-state index contributed by atoms with van der Waals surface area (Å²) in [6, 6.07) is 10.4. The van der Waals surface area contributed by atoms with Crippen molar-refractivity contribution < 1.29 is 31.5 Å². The lowest BCUT2D eigenvalue weighted by Crippen LogP contribution is -2.23. The summed E-state index contributed by atoms with van der Waals surface area (Å²) in [6.45, 7) is 0. The first-order valence-corrected chi connectivity index (χ1v) is 11.2. The van der Waals surface area contributed by atoms with Crippen LogP contribution in [0.2, 0.25) is 0 Å². The molecule has 1 atom stereocenters. The van der Waals surface area contributed by atoms with E-state index < -0.39 is 28.6 Å². The average Bonchev–Trinajstić information content (AvgIpc) is 3.11. The zero-order valence-electron chi connectivity index (χ0n) is 17.7. The number of benzene rings is 1. The molecule has 14 heteroatoms. The summed E-state index contributed by atoms with van der Waals surface area (Å²) < 4.78 is 63.5. The van der Waals surface area contributed by atoms with Crippen molar-refractivity contribution in [1.29, 1.82) is 0 Å². The van der Waals surface area contributed by atoms with Crippen LogP contribution in [0.5, 0.6) is 5.88 Å². The van der Waals surface area contributed by atoms with E-state index in [9.17, 15) is 22.0 Å². The molecule has 0 fully saturated rings. The number of anilines is 2. The molecular weight excluding hydrogens is 462 g/mol. The zero-order valence-corrected chi connectivity index (χ0v) is 18.5. The molecule has 0 saturated carbocycles. The Hall–Kier alpha value is -3.81. The van der Waals surface area contributed by atoms with Crippen LogP contribution in [0, 0.1) is 0 Å². The molecule has 1 aromatic carbocycles. The second-order valence-corrected chi connectivity index (χ2v) is 8.48. The van der Waals surface area contributed by atoms with Crippen molar-refractivity contribution in [2.24, 2.45) is 7.05 Å². The molecule has 1 amide bonds. The van der Waals surface area contributed by atoms with Gasteiger partial charge in [0.2, 0.25) is 15.9 Å². The Labute approximate surface area is 187 Å². The number of methoxy groups -OCH3 is 1. The smallest absolute Gasteiger partial charge is 0.413 e. The molecule has 0 unspecified atom stereocenters. The third-order valence-electron chi connectivity index (χ3n) is 4.23. The third kappa shape index (κ3) is 5.91. The number of rotatable bonds is 8. The molecule has 33 heavy (non-hydrogen) atoms. The Balaban J connectivity index is 1.86. The van der Waals surface area contributed by atoms with Crippen LogP contribution in [-0.2, 0) is 21.8 Å². The van der Waals surface area contributed by atoms with Crippen molar-refractivity contribution in [1.82, 2.24) is 20.0 Å². The van der Waals surface area contributed by atoms with Crippen LogP contribution in [0.1, 0.15) is 11.7 Å². The molecular formula is C19H20F2N6O5S. The van der Waals surface area contributed by atoms with E-state index in [1.165, 1.54) is 43.1 Å². The minimum atomic E-state index is -3.59. The number of aryl methyl sites for hydroxylation is 1. The van der Waals surface area contributed by atoms with Gasteiger partial charge in [0.25, 0.3) is 6.43 Å². The molecule has 0 saturated heterocycles. The number of carbonyl (C=O) groups is 1. The molecule has 0 spiro atoms. The number of nitrogens with one attached hydrogen (secondary N) is 2. The Bertz CT molecular complexity index is 1240. The summed E-state index contributed by atoms with van der Waals surface area (Å²) in [5.41, 5.74) is 0.463. The standard InChI is InChI=1S/C19H20F2N6O5S/c1-27-17(23-19(28)32-15(16(20)21)11-7-5-4-6-8-11)14(24-26-27)12-9-10-13(18(22-12)31-2)25-33(3,29)30/h4-10,15-16,25H,1-3H3,(H,23,28)/t15-/m0/s1. The minimum absolute atomic E-state index is 0.0134. The first kappa shape index (κ1) is 23.8. The molecule has 0 aliphatic carbocycles. The summed E-state index contributed by atoms with van der Waals surface area (Å²) in [5, 5.41) is 10.1. The highest BCUT2D eigenvalue weighted by Gasteiger charge is 2.28. The lowest BCUT2D eigenvalue weighted by molar-refractivity contribution is -0.0143. The van der Waals surface area contributed by atoms with Crippen LogP contribution in [0.15, 0.2) is 42.5 Å². The Morgan fingerprint density at radius 3 is 2.45 bits per heavy atom. The van der Waals surface area contributed by atoms with Crippen LogP contribution >= 0.6 is 0 Å². The Morgan fingerprint density at radius 1 is 1.15 bits per heavy atom. The molecule has 176 valence electrons. The van der Waals surface area contributed by atoms with Gasteiger partial charge in [-0.3, -0.25) is 10.0 Å². The molecule has 11 nitrogen and oxygen atoms in total. The fourth-order valence-electron chi connectivity index (χ4n) is 2.82. The molecule has 2 N–H and O–H groups in total. The highest BCUT2D eigenvalue weighted by molar-refractivity contribution is 7.92. The minimum Gasteiger partial charge on any atom is -0.479 e. The SMILES string of the molecule is COc1nc(-c2nnn(C)c2NC(=O)O[C@@H](c2ccccc2)C(F)F)ccc1NS(C)(=O)=O. The molecule has 3 rings (SSSR count). The number of halogens is 2. The summed E-state index contributed by atoms with van der Waals surface area (Å²) >= 11 is 0. The summed E-state index contributed by atoms with van der Waals surface area (Å²) in [6.07, 6.45) is -4.92. The van der Waals surface area contributed by atoms with Gasteiger partial charge in [0.1, 0.15) is 5.69 Å². The number of nitrogens with zero attached hydrogens (tertiary/aromatic N) is 4. The van der Waals surface area contributed by atoms with E-state index in [0.717, 1.165) is 6.26 Å². The van der Waals surface area contributed by atoms with Gasteiger partial charge in [-0.25, -0.2) is 31.7 Å². The number of amides is 1. The van der Waals surface area contributed by atoms with Gasteiger partial charge < -0.3 is 9.47 Å². The average molecular weight is 482 g/mol. The van der Waals surface area contributed by atoms with Crippen molar-refractivity contribution in [2.75, 3.05) is 23.4 Å². The van der Waals surface area contributed by atoms with Gasteiger partial charge in [-0.2, -0.15) is 0 Å². The number of sulfonamides is 1. The van der Waals surface area contributed by atoms with E-state index in [-0.39, 0.29) is 34.3 Å².